The van der Waals surface area contributed by atoms with Crippen molar-refractivity contribution in [2.45, 2.75) is 18.8 Å². The molecule has 6 heteroatoms. The van der Waals surface area contributed by atoms with Gasteiger partial charge in [-0.2, -0.15) is 26.3 Å². The van der Waals surface area contributed by atoms with Gasteiger partial charge in [0.25, 0.3) is 0 Å². The maximum Gasteiger partial charge on any atom is 0.416 e. The van der Waals surface area contributed by atoms with Gasteiger partial charge in [-0.1, -0.05) is 12.1 Å². The summed E-state index contributed by atoms with van der Waals surface area (Å²) < 4.78 is 74.5. The van der Waals surface area contributed by atoms with E-state index in [1.807, 2.05) is 0 Å². The molecule has 0 N–H and O–H groups in total. The monoisotopic (exact) mass is 254 g/mol. The number of alkyl halides is 6. The van der Waals surface area contributed by atoms with Crippen molar-refractivity contribution in [1.29, 1.82) is 0 Å². The Morgan fingerprint density at radius 1 is 1.00 bits per heavy atom. The largest absolute Gasteiger partial charge is 0.416 e. The molecule has 0 saturated heterocycles. The molecule has 0 radical (unpaired) electrons. The first kappa shape index (κ1) is 13.6. The molecule has 0 aliphatic heterocycles. The van der Waals surface area contributed by atoms with Crippen LogP contribution in [0.2, 0.25) is 0 Å². The van der Waals surface area contributed by atoms with Gasteiger partial charge < -0.3 is 0 Å². The Kier molecular flexibility index (Phi) is 3.54. The summed E-state index contributed by atoms with van der Waals surface area (Å²) >= 11 is 0. The number of benzene rings is 1. The summed E-state index contributed by atoms with van der Waals surface area (Å²) in [6.45, 7) is 3.26. The molecule has 0 fully saturated rings. The third-order valence-corrected chi connectivity index (χ3v) is 2.11. The second-order valence-corrected chi connectivity index (χ2v) is 3.36. The van der Waals surface area contributed by atoms with Crippen molar-refractivity contribution in [3.63, 3.8) is 0 Å². The summed E-state index contributed by atoms with van der Waals surface area (Å²) in [5, 5.41) is 0. The van der Waals surface area contributed by atoms with Crippen molar-refractivity contribution in [1.82, 2.24) is 0 Å². The summed E-state index contributed by atoms with van der Waals surface area (Å²) in [5.41, 5.74) is -2.80. The van der Waals surface area contributed by atoms with Crippen LogP contribution in [0.5, 0.6) is 0 Å². The average Bonchev–Trinajstić information content (AvgIpc) is 2.15. The first-order chi connectivity index (χ1) is 7.66. The molecular formula is C11H8F6. The molecule has 1 aromatic carbocycles. The zero-order valence-electron chi connectivity index (χ0n) is 8.49. The van der Waals surface area contributed by atoms with E-state index < -0.39 is 23.5 Å². The van der Waals surface area contributed by atoms with Crippen molar-refractivity contribution in [3.8, 4) is 0 Å². The Morgan fingerprint density at radius 3 is 2.00 bits per heavy atom. The molecule has 1 aromatic rings. The van der Waals surface area contributed by atoms with Crippen LogP contribution in [0, 0.1) is 0 Å². The molecule has 94 valence electrons. The van der Waals surface area contributed by atoms with Gasteiger partial charge in [-0.15, -0.1) is 6.58 Å². The molecule has 0 saturated carbocycles. The third kappa shape index (κ3) is 3.25. The summed E-state index contributed by atoms with van der Waals surface area (Å²) in [6, 6.07) is 1.58. The Hall–Kier alpha value is -1.46. The maximum absolute atomic E-state index is 12.5. The smallest absolute Gasteiger partial charge is 0.166 e. The van der Waals surface area contributed by atoms with Gasteiger partial charge in [0.2, 0.25) is 0 Å². The van der Waals surface area contributed by atoms with Crippen LogP contribution in [-0.4, -0.2) is 0 Å². The first-order valence-electron chi connectivity index (χ1n) is 4.54. The van der Waals surface area contributed by atoms with Crippen LogP contribution < -0.4 is 0 Å². The first-order valence-corrected chi connectivity index (χ1v) is 4.54. The Morgan fingerprint density at radius 2 is 1.59 bits per heavy atom. The van der Waals surface area contributed by atoms with Gasteiger partial charge >= 0.3 is 12.4 Å². The zero-order chi connectivity index (χ0) is 13.3. The van der Waals surface area contributed by atoms with Crippen LogP contribution >= 0.6 is 0 Å². The number of allylic oxidation sites excluding steroid dienone is 1. The van der Waals surface area contributed by atoms with Gasteiger partial charge in [0.15, 0.2) is 0 Å². The van der Waals surface area contributed by atoms with Crippen LogP contribution in [0.15, 0.2) is 30.9 Å². The second kappa shape index (κ2) is 4.43. The van der Waals surface area contributed by atoms with E-state index in [9.17, 15) is 26.3 Å². The molecule has 0 aromatic heterocycles. The average molecular weight is 254 g/mol. The van der Waals surface area contributed by atoms with E-state index in [0.717, 1.165) is 6.07 Å². The van der Waals surface area contributed by atoms with Crippen molar-refractivity contribution < 1.29 is 26.3 Å². The van der Waals surface area contributed by atoms with E-state index >= 15 is 0 Å². The van der Waals surface area contributed by atoms with Gasteiger partial charge in [-0.05, 0) is 24.1 Å². The lowest BCUT2D eigenvalue weighted by molar-refractivity contribution is -0.143. The molecule has 0 amide bonds. The predicted octanol–water partition coefficient (Wildman–Crippen LogP) is 4.45. The second-order valence-electron chi connectivity index (χ2n) is 3.36. The molecule has 0 aliphatic rings. The summed E-state index contributed by atoms with van der Waals surface area (Å²) in [7, 11) is 0. The molecule has 0 nitrogen and oxygen atoms in total. The molecule has 17 heavy (non-hydrogen) atoms. The van der Waals surface area contributed by atoms with Gasteiger partial charge in [0.05, 0.1) is 11.1 Å². The normalized spacial score (nSPS) is 12.6. The lowest BCUT2D eigenvalue weighted by atomic mass is 10.0. The molecule has 0 aliphatic carbocycles. The van der Waals surface area contributed by atoms with E-state index in [0.29, 0.717) is 6.07 Å². The minimum atomic E-state index is -4.81. The summed E-state index contributed by atoms with van der Waals surface area (Å²) in [4.78, 5) is 0. The fourth-order valence-electron chi connectivity index (χ4n) is 1.35. The Balaban J connectivity index is 3.34. The Labute approximate surface area is 93.6 Å². The fraction of sp³-hybridized carbons (Fsp3) is 0.273. The van der Waals surface area contributed by atoms with E-state index in [-0.39, 0.29) is 18.1 Å². The zero-order valence-corrected chi connectivity index (χ0v) is 8.49. The minimum Gasteiger partial charge on any atom is -0.166 e. The molecule has 0 bridgehead atoms. The predicted molar refractivity (Wildman–Crippen MR) is 50.3 cm³/mol. The van der Waals surface area contributed by atoms with Crippen molar-refractivity contribution in [2.75, 3.05) is 0 Å². The number of hydrogen-bond acceptors (Lipinski definition) is 0. The molecule has 1 rings (SSSR count). The van der Waals surface area contributed by atoms with Crippen LogP contribution in [0.4, 0.5) is 26.3 Å². The summed E-state index contributed by atoms with van der Waals surface area (Å²) in [6.07, 6.45) is -8.52. The number of halogens is 6. The van der Waals surface area contributed by atoms with Crippen molar-refractivity contribution in [2.24, 2.45) is 0 Å². The van der Waals surface area contributed by atoms with Gasteiger partial charge in [0.1, 0.15) is 0 Å². The van der Waals surface area contributed by atoms with E-state index in [4.69, 9.17) is 0 Å². The van der Waals surface area contributed by atoms with Crippen LogP contribution in [0.1, 0.15) is 16.7 Å². The van der Waals surface area contributed by atoms with E-state index in [1.165, 1.54) is 6.08 Å². The van der Waals surface area contributed by atoms with E-state index in [1.54, 1.807) is 0 Å². The summed E-state index contributed by atoms with van der Waals surface area (Å²) in [5.74, 6) is 0. The van der Waals surface area contributed by atoms with Crippen molar-refractivity contribution in [3.05, 3.63) is 47.5 Å². The quantitative estimate of drug-likeness (QED) is 0.540. The molecule has 0 unspecified atom stereocenters. The lowest BCUT2D eigenvalue weighted by Crippen LogP contribution is -2.13. The maximum atomic E-state index is 12.5. The fourth-order valence-corrected chi connectivity index (χ4v) is 1.35. The van der Waals surface area contributed by atoms with Crippen LogP contribution in [0.3, 0.4) is 0 Å². The van der Waals surface area contributed by atoms with Crippen LogP contribution in [-0.2, 0) is 18.8 Å². The minimum absolute atomic E-state index is 0.124. The standard InChI is InChI=1S/C11H8F6/c1-2-3-7-4-5-8(10(12,13)14)6-9(7)11(15,16)17/h2,4-6H,1,3H2. The molecule has 0 heterocycles. The Bertz CT molecular complexity index is 413. The van der Waals surface area contributed by atoms with Gasteiger partial charge in [0, 0.05) is 0 Å². The highest BCUT2D eigenvalue weighted by atomic mass is 19.4. The van der Waals surface area contributed by atoms with Gasteiger partial charge in [-0.3, -0.25) is 0 Å². The molecule has 0 spiro atoms. The highest BCUT2D eigenvalue weighted by Gasteiger charge is 2.37. The van der Waals surface area contributed by atoms with Crippen LogP contribution in [0.25, 0.3) is 0 Å². The molecular weight excluding hydrogens is 246 g/mol. The van der Waals surface area contributed by atoms with Crippen molar-refractivity contribution >= 4 is 0 Å². The van der Waals surface area contributed by atoms with Gasteiger partial charge in [-0.25, -0.2) is 0 Å². The van der Waals surface area contributed by atoms with E-state index in [2.05, 4.69) is 6.58 Å². The lowest BCUT2D eigenvalue weighted by Gasteiger charge is -2.14. The topological polar surface area (TPSA) is 0 Å². The third-order valence-electron chi connectivity index (χ3n) is 2.11. The SMILES string of the molecule is C=CCc1ccc(C(F)(F)F)cc1C(F)(F)F. The number of rotatable bonds is 2. The highest BCUT2D eigenvalue weighted by Crippen LogP contribution is 2.37. The highest BCUT2D eigenvalue weighted by molar-refractivity contribution is 5.36. The number of hydrogen-bond donors (Lipinski definition) is 0. The molecule has 0 atom stereocenters.